The second-order valence-corrected chi connectivity index (χ2v) is 7.70. The van der Waals surface area contributed by atoms with E-state index in [2.05, 4.69) is 5.32 Å². The lowest BCUT2D eigenvalue weighted by molar-refractivity contribution is -0.137. The predicted octanol–water partition coefficient (Wildman–Crippen LogP) is 0.942. The summed E-state index contributed by atoms with van der Waals surface area (Å²) < 4.78 is 0. The Labute approximate surface area is 190 Å². The number of imide groups is 1. The molecule has 2 aliphatic rings. The molecule has 0 aromatic heterocycles. The monoisotopic (exact) mass is 448 g/mol. The van der Waals surface area contributed by atoms with E-state index in [4.69, 9.17) is 5.11 Å². The number of carbonyl (C=O) groups is 4. The second-order valence-electron chi connectivity index (χ2n) is 7.70. The van der Waals surface area contributed by atoms with Crippen molar-refractivity contribution < 1.29 is 24.3 Å². The van der Waals surface area contributed by atoms with E-state index in [0.717, 1.165) is 11.0 Å². The zero-order valence-corrected chi connectivity index (χ0v) is 17.9. The first-order chi connectivity index (χ1) is 16.0. The lowest BCUT2D eigenvalue weighted by Gasteiger charge is -2.35. The Morgan fingerprint density at radius 2 is 1.45 bits per heavy atom. The molecule has 2 aliphatic heterocycles. The highest BCUT2D eigenvalue weighted by Gasteiger charge is 2.32. The number of rotatable bonds is 6. The maximum absolute atomic E-state index is 13.2. The number of hydrogen-bond acceptors (Lipinski definition) is 6. The molecule has 9 nitrogen and oxygen atoms in total. The van der Waals surface area contributed by atoms with E-state index in [0.29, 0.717) is 43.0 Å². The zero-order valence-electron chi connectivity index (χ0n) is 17.9. The van der Waals surface area contributed by atoms with Gasteiger partial charge in [0.2, 0.25) is 0 Å². The van der Waals surface area contributed by atoms with Gasteiger partial charge in [0.05, 0.1) is 24.4 Å². The second kappa shape index (κ2) is 9.66. The van der Waals surface area contributed by atoms with Crippen molar-refractivity contribution in [2.24, 2.45) is 0 Å². The summed E-state index contributed by atoms with van der Waals surface area (Å²) in [4.78, 5) is 54.7. The van der Waals surface area contributed by atoms with Crippen LogP contribution in [0.5, 0.6) is 0 Å². The van der Waals surface area contributed by atoms with Crippen molar-refractivity contribution in [2.45, 2.75) is 0 Å². The van der Waals surface area contributed by atoms with Crippen LogP contribution in [0.25, 0.3) is 0 Å². The lowest BCUT2D eigenvalue weighted by atomic mass is 10.1. The van der Waals surface area contributed by atoms with Crippen LogP contribution in [0, 0.1) is 0 Å². The Bertz CT molecular complexity index is 1110. The number of nitrogens with zero attached hydrogens (tertiary/aromatic N) is 3. The summed E-state index contributed by atoms with van der Waals surface area (Å²) in [6.07, 6.45) is 1.16. The molecule has 4 rings (SSSR count). The molecule has 0 atom stereocenters. The average molecular weight is 448 g/mol. The molecule has 33 heavy (non-hydrogen) atoms. The number of amides is 4. The fourth-order valence-electron chi connectivity index (χ4n) is 3.88. The average Bonchev–Trinajstić information content (AvgIpc) is 3.12. The van der Waals surface area contributed by atoms with Crippen LogP contribution in [-0.2, 0) is 9.59 Å². The first-order valence-corrected chi connectivity index (χ1v) is 10.7. The van der Waals surface area contributed by atoms with E-state index >= 15 is 0 Å². The Kier molecular flexibility index (Phi) is 6.50. The van der Waals surface area contributed by atoms with Gasteiger partial charge in [-0.15, -0.1) is 0 Å². The van der Waals surface area contributed by atoms with Gasteiger partial charge in [0, 0.05) is 37.8 Å². The number of β-amino-alcohol motifs (C(OH)–C–C–N with tert-alkyl or cyclic N) is 1. The Morgan fingerprint density at radius 1 is 0.848 bits per heavy atom. The highest BCUT2D eigenvalue weighted by molar-refractivity contribution is 6.18. The van der Waals surface area contributed by atoms with Crippen molar-refractivity contribution >= 4 is 29.3 Å². The van der Waals surface area contributed by atoms with Crippen LogP contribution >= 0.6 is 0 Å². The van der Waals surface area contributed by atoms with Crippen LogP contribution in [-0.4, -0.2) is 82.8 Å². The van der Waals surface area contributed by atoms with Gasteiger partial charge in [0.1, 0.15) is 5.70 Å². The zero-order chi connectivity index (χ0) is 23.4. The van der Waals surface area contributed by atoms with Crippen LogP contribution in [0.4, 0.5) is 5.69 Å². The number of carbonyl (C=O) groups excluding carboxylic acids is 4. The van der Waals surface area contributed by atoms with Gasteiger partial charge in [0.25, 0.3) is 23.6 Å². The first-order valence-electron chi connectivity index (χ1n) is 10.7. The SMILES string of the molecule is O=C(c1ccccc1)N1CCN(C(=O)c2ccccc2NC2=CC(=O)N(CCO)C2=O)CC1. The van der Waals surface area contributed by atoms with Gasteiger partial charge in [-0.3, -0.25) is 24.1 Å². The molecule has 1 saturated heterocycles. The molecule has 2 heterocycles. The maximum Gasteiger partial charge on any atom is 0.277 e. The highest BCUT2D eigenvalue weighted by Crippen LogP contribution is 2.23. The molecule has 0 bridgehead atoms. The molecule has 0 saturated carbocycles. The number of piperazine rings is 1. The molecule has 4 amide bonds. The number of benzene rings is 2. The minimum absolute atomic E-state index is 0.0481. The molecular weight excluding hydrogens is 424 g/mol. The topological polar surface area (TPSA) is 110 Å². The molecule has 0 unspecified atom stereocenters. The van der Waals surface area contributed by atoms with E-state index in [-0.39, 0.29) is 30.7 Å². The summed E-state index contributed by atoms with van der Waals surface area (Å²) in [5, 5.41) is 12.0. The Hall–Kier alpha value is -3.98. The molecule has 0 aliphatic carbocycles. The van der Waals surface area contributed by atoms with Crippen molar-refractivity contribution in [2.75, 3.05) is 44.6 Å². The van der Waals surface area contributed by atoms with Crippen molar-refractivity contribution in [3.63, 3.8) is 0 Å². The summed E-state index contributed by atoms with van der Waals surface area (Å²) in [6, 6.07) is 15.8. The van der Waals surface area contributed by atoms with Gasteiger partial charge in [-0.25, -0.2) is 0 Å². The number of anilines is 1. The molecule has 0 spiro atoms. The number of aliphatic hydroxyl groups excluding tert-OH is 1. The van der Waals surface area contributed by atoms with E-state index in [9.17, 15) is 19.2 Å². The third-order valence-electron chi connectivity index (χ3n) is 5.63. The van der Waals surface area contributed by atoms with Crippen molar-refractivity contribution in [3.05, 3.63) is 77.5 Å². The maximum atomic E-state index is 13.2. The standard InChI is InChI=1S/C24H24N4O5/c29-15-14-28-21(30)16-20(24(28)33)25-19-9-5-4-8-18(19)23(32)27-12-10-26(11-13-27)22(31)17-6-2-1-3-7-17/h1-9,16,25,29H,10-15H2. The minimum atomic E-state index is -0.552. The normalized spacial score (nSPS) is 16.2. The molecule has 2 N–H and O–H groups in total. The van der Waals surface area contributed by atoms with Gasteiger partial charge in [-0.1, -0.05) is 30.3 Å². The van der Waals surface area contributed by atoms with E-state index in [1.54, 1.807) is 46.2 Å². The third-order valence-corrected chi connectivity index (χ3v) is 5.63. The molecule has 0 radical (unpaired) electrons. The van der Waals surface area contributed by atoms with E-state index in [1.807, 2.05) is 18.2 Å². The van der Waals surface area contributed by atoms with E-state index in [1.165, 1.54) is 0 Å². The smallest absolute Gasteiger partial charge is 0.277 e. The van der Waals surface area contributed by atoms with Gasteiger partial charge in [0.15, 0.2) is 0 Å². The summed E-state index contributed by atoms with van der Waals surface area (Å²) in [5.74, 6) is -1.35. The van der Waals surface area contributed by atoms with Crippen molar-refractivity contribution in [3.8, 4) is 0 Å². The Morgan fingerprint density at radius 3 is 2.12 bits per heavy atom. The quantitative estimate of drug-likeness (QED) is 0.637. The van der Waals surface area contributed by atoms with Crippen molar-refractivity contribution in [1.29, 1.82) is 0 Å². The lowest BCUT2D eigenvalue weighted by Crippen LogP contribution is -2.50. The number of hydrogen-bond donors (Lipinski definition) is 2. The molecule has 170 valence electrons. The fraction of sp³-hybridized carbons (Fsp3) is 0.250. The van der Waals surface area contributed by atoms with Crippen molar-refractivity contribution in [1.82, 2.24) is 14.7 Å². The minimum Gasteiger partial charge on any atom is -0.395 e. The first kappa shape index (κ1) is 22.2. The van der Waals surface area contributed by atoms with E-state index < -0.39 is 11.8 Å². The summed E-state index contributed by atoms with van der Waals surface area (Å²) in [5.41, 5.74) is 1.43. The predicted molar refractivity (Wildman–Crippen MR) is 120 cm³/mol. The third kappa shape index (κ3) is 4.63. The molecule has 9 heteroatoms. The van der Waals surface area contributed by atoms with Crippen LogP contribution < -0.4 is 5.32 Å². The number of aliphatic hydroxyl groups is 1. The molecule has 2 aromatic carbocycles. The summed E-state index contributed by atoms with van der Waals surface area (Å²) in [6.45, 7) is 1.19. The van der Waals surface area contributed by atoms with Crippen LogP contribution in [0.15, 0.2) is 66.4 Å². The van der Waals surface area contributed by atoms with Gasteiger partial charge < -0.3 is 20.2 Å². The van der Waals surface area contributed by atoms with Crippen LogP contribution in [0.1, 0.15) is 20.7 Å². The molecule has 2 aromatic rings. The molecular formula is C24H24N4O5. The number of para-hydroxylation sites is 1. The van der Waals surface area contributed by atoms with Gasteiger partial charge in [-0.05, 0) is 24.3 Å². The van der Waals surface area contributed by atoms with Gasteiger partial charge in [-0.2, -0.15) is 0 Å². The molecule has 1 fully saturated rings. The largest absolute Gasteiger partial charge is 0.395 e. The summed E-state index contributed by atoms with van der Waals surface area (Å²) in [7, 11) is 0. The number of nitrogens with one attached hydrogen (secondary N) is 1. The van der Waals surface area contributed by atoms with Crippen LogP contribution in [0.2, 0.25) is 0 Å². The van der Waals surface area contributed by atoms with Gasteiger partial charge >= 0.3 is 0 Å². The fourth-order valence-corrected chi connectivity index (χ4v) is 3.88. The summed E-state index contributed by atoms with van der Waals surface area (Å²) >= 11 is 0. The Balaban J connectivity index is 1.43. The van der Waals surface area contributed by atoms with Crippen LogP contribution in [0.3, 0.4) is 0 Å². The highest BCUT2D eigenvalue weighted by atomic mass is 16.3.